The molecule has 7 nitrogen and oxygen atoms in total. The maximum absolute atomic E-state index is 12.8. The van der Waals surface area contributed by atoms with Crippen LogP contribution in [0.4, 0.5) is 0 Å². The van der Waals surface area contributed by atoms with Crippen LogP contribution in [0.3, 0.4) is 0 Å². The van der Waals surface area contributed by atoms with Crippen LogP contribution in [0.15, 0.2) is 70.2 Å². The van der Waals surface area contributed by atoms with Gasteiger partial charge in [-0.25, -0.2) is 9.78 Å². The maximum Gasteiger partial charge on any atom is 0.336 e. The second kappa shape index (κ2) is 10.2. The Bertz CT molecular complexity index is 1320. The first-order chi connectivity index (χ1) is 16.9. The van der Waals surface area contributed by atoms with E-state index in [-0.39, 0.29) is 0 Å². The van der Waals surface area contributed by atoms with Gasteiger partial charge in [-0.1, -0.05) is 18.2 Å². The number of nitrogens with zero attached hydrogens (tertiary/aromatic N) is 2. The molecular weight excluding hydrogens is 464 g/mol. The lowest BCUT2D eigenvalue weighted by molar-refractivity contribution is -0.143. The zero-order valence-electron chi connectivity index (χ0n) is 20.2. The molecule has 0 fully saturated rings. The van der Waals surface area contributed by atoms with Crippen LogP contribution >= 0.6 is 11.3 Å². The largest absolute Gasteiger partial charge is 0.497 e. The molecule has 0 bridgehead atoms. The highest BCUT2D eigenvalue weighted by Gasteiger charge is 2.42. The van der Waals surface area contributed by atoms with E-state index in [0.29, 0.717) is 17.0 Å². The Labute approximate surface area is 208 Å². The third-order valence-corrected chi connectivity index (χ3v) is 6.96. The number of carbonyl (C=O) groups is 2. The summed E-state index contributed by atoms with van der Waals surface area (Å²) in [6.07, 6.45) is 0. The van der Waals surface area contributed by atoms with Crippen molar-refractivity contribution < 1.29 is 23.8 Å². The maximum atomic E-state index is 12.8. The molecule has 2 unspecified atom stereocenters. The number of benzene rings is 2. The van der Waals surface area contributed by atoms with E-state index >= 15 is 0 Å². The number of aliphatic imine (C=N–C) groups is 1. The van der Waals surface area contributed by atoms with Crippen molar-refractivity contribution in [2.24, 2.45) is 10.9 Å². The number of hydrogen-bond acceptors (Lipinski definition) is 8. The number of allylic oxidation sites excluding steroid dienone is 1. The molecule has 4 rings (SSSR count). The molecule has 2 heterocycles. The lowest BCUT2D eigenvalue weighted by Gasteiger charge is -2.31. The Hall–Kier alpha value is -3.78. The van der Waals surface area contributed by atoms with Crippen molar-refractivity contribution in [1.82, 2.24) is 4.98 Å². The topological polar surface area (TPSA) is 87.1 Å². The van der Waals surface area contributed by atoms with Crippen molar-refractivity contribution in [3.8, 4) is 27.6 Å². The van der Waals surface area contributed by atoms with Gasteiger partial charge in [-0.3, -0.25) is 9.79 Å². The van der Waals surface area contributed by atoms with Crippen molar-refractivity contribution in [2.45, 2.75) is 19.8 Å². The summed E-state index contributed by atoms with van der Waals surface area (Å²) in [5, 5.41) is 2.83. The van der Waals surface area contributed by atoms with Gasteiger partial charge in [-0.05, 0) is 49.7 Å². The first-order valence-electron chi connectivity index (χ1n) is 11.0. The van der Waals surface area contributed by atoms with Crippen LogP contribution in [0, 0.1) is 5.92 Å². The molecule has 0 radical (unpaired) electrons. The molecule has 0 aliphatic carbocycles. The van der Waals surface area contributed by atoms with Gasteiger partial charge in [0.05, 0.1) is 32.6 Å². The van der Waals surface area contributed by atoms with E-state index in [2.05, 4.69) is 4.99 Å². The average Bonchev–Trinajstić information content (AvgIpc) is 3.38. The molecule has 1 aliphatic rings. The standard InChI is InChI=1S/C27H26N2O5S/c1-15-22(26(30)33-4)24(23(16(2)28-15)27(31)34-5)18-7-6-8-19(13-18)25-29-21(14-35-25)17-9-11-20(32-3)12-10-17/h6-14,22,24H,1-5H3. The first kappa shape index (κ1) is 24.3. The summed E-state index contributed by atoms with van der Waals surface area (Å²) in [6.45, 7) is 3.53. The summed E-state index contributed by atoms with van der Waals surface area (Å²) in [6, 6.07) is 15.5. The molecule has 180 valence electrons. The summed E-state index contributed by atoms with van der Waals surface area (Å²) in [5.74, 6) is -1.51. The Morgan fingerprint density at radius 1 is 0.943 bits per heavy atom. The van der Waals surface area contributed by atoms with Crippen LogP contribution in [0.25, 0.3) is 21.8 Å². The van der Waals surface area contributed by atoms with Crippen molar-refractivity contribution >= 4 is 29.0 Å². The second-order valence-corrected chi connectivity index (χ2v) is 8.97. The van der Waals surface area contributed by atoms with Crippen molar-refractivity contribution in [2.75, 3.05) is 21.3 Å². The van der Waals surface area contributed by atoms with E-state index in [1.165, 1.54) is 25.6 Å². The van der Waals surface area contributed by atoms with Gasteiger partial charge in [0.2, 0.25) is 0 Å². The molecule has 0 saturated heterocycles. The lowest BCUT2D eigenvalue weighted by atomic mass is 9.75. The number of thiazole rings is 1. The monoisotopic (exact) mass is 490 g/mol. The summed E-state index contributed by atoms with van der Waals surface area (Å²) in [5.41, 5.74) is 4.99. The minimum Gasteiger partial charge on any atom is -0.497 e. The SMILES string of the molecule is COC(=O)C1=C(C)N=C(C)C(C(=O)OC)C1c1cccc(-c2nc(-c3ccc(OC)cc3)cs2)c1. The molecule has 2 atom stereocenters. The minimum absolute atomic E-state index is 0.351. The number of carbonyl (C=O) groups excluding carboxylic acids is 2. The third-order valence-electron chi connectivity index (χ3n) is 6.07. The third kappa shape index (κ3) is 4.74. The van der Waals surface area contributed by atoms with Crippen molar-refractivity contribution in [1.29, 1.82) is 0 Å². The fourth-order valence-corrected chi connectivity index (χ4v) is 5.20. The zero-order chi connectivity index (χ0) is 25.1. The molecule has 2 aromatic carbocycles. The molecular formula is C27H26N2O5S. The summed E-state index contributed by atoms with van der Waals surface area (Å²) < 4.78 is 15.4. The van der Waals surface area contributed by atoms with Crippen LogP contribution in [0.1, 0.15) is 25.3 Å². The lowest BCUT2D eigenvalue weighted by Crippen LogP contribution is -2.36. The van der Waals surface area contributed by atoms with E-state index in [1.54, 1.807) is 21.0 Å². The van der Waals surface area contributed by atoms with Gasteiger partial charge in [0, 0.05) is 33.8 Å². The molecule has 0 saturated carbocycles. The number of hydrogen-bond donors (Lipinski definition) is 0. The Balaban J connectivity index is 1.76. The number of aromatic nitrogens is 1. The van der Waals surface area contributed by atoms with Gasteiger partial charge in [0.1, 0.15) is 16.7 Å². The van der Waals surface area contributed by atoms with Crippen LogP contribution in [-0.4, -0.2) is 44.0 Å². The molecule has 0 spiro atoms. The summed E-state index contributed by atoms with van der Waals surface area (Å²) in [7, 11) is 4.29. The van der Waals surface area contributed by atoms with E-state index in [0.717, 1.165) is 33.1 Å². The Morgan fingerprint density at radius 3 is 2.34 bits per heavy atom. The molecule has 1 aromatic heterocycles. The Kier molecular flexibility index (Phi) is 7.12. The van der Waals surface area contributed by atoms with Gasteiger partial charge in [0.25, 0.3) is 0 Å². The van der Waals surface area contributed by atoms with Gasteiger partial charge < -0.3 is 14.2 Å². The van der Waals surface area contributed by atoms with Crippen molar-refractivity contribution in [3.63, 3.8) is 0 Å². The fraction of sp³-hybridized carbons (Fsp3) is 0.259. The zero-order valence-corrected chi connectivity index (χ0v) is 21.0. The predicted molar refractivity (Wildman–Crippen MR) is 136 cm³/mol. The van der Waals surface area contributed by atoms with Crippen LogP contribution in [0.2, 0.25) is 0 Å². The molecule has 1 aliphatic heterocycles. The molecule has 8 heteroatoms. The highest BCUT2D eigenvalue weighted by Crippen LogP contribution is 2.41. The van der Waals surface area contributed by atoms with E-state index < -0.39 is 23.8 Å². The summed E-state index contributed by atoms with van der Waals surface area (Å²) >= 11 is 1.53. The van der Waals surface area contributed by atoms with E-state index in [4.69, 9.17) is 19.2 Å². The van der Waals surface area contributed by atoms with E-state index in [1.807, 2.05) is 53.9 Å². The number of methoxy groups -OCH3 is 3. The molecule has 0 N–H and O–H groups in total. The molecule has 3 aromatic rings. The molecule has 0 amide bonds. The smallest absolute Gasteiger partial charge is 0.336 e. The molecule has 35 heavy (non-hydrogen) atoms. The number of rotatable bonds is 6. The summed E-state index contributed by atoms with van der Waals surface area (Å²) in [4.78, 5) is 34.8. The normalized spacial score (nSPS) is 17.6. The number of ether oxygens (including phenoxy) is 3. The quantitative estimate of drug-likeness (QED) is 0.437. The van der Waals surface area contributed by atoms with Crippen LogP contribution in [0.5, 0.6) is 5.75 Å². The average molecular weight is 491 g/mol. The van der Waals surface area contributed by atoms with Crippen molar-refractivity contribution in [3.05, 3.63) is 70.7 Å². The highest BCUT2D eigenvalue weighted by atomic mass is 32.1. The van der Waals surface area contributed by atoms with Gasteiger partial charge in [-0.15, -0.1) is 11.3 Å². The highest BCUT2D eigenvalue weighted by molar-refractivity contribution is 7.13. The second-order valence-electron chi connectivity index (χ2n) is 8.11. The van der Waals surface area contributed by atoms with Crippen LogP contribution in [-0.2, 0) is 19.1 Å². The van der Waals surface area contributed by atoms with Gasteiger partial charge in [0.15, 0.2) is 0 Å². The van der Waals surface area contributed by atoms with Gasteiger partial charge in [-0.2, -0.15) is 0 Å². The number of esters is 2. The predicted octanol–water partition coefficient (Wildman–Crippen LogP) is 5.28. The minimum atomic E-state index is -0.737. The van der Waals surface area contributed by atoms with Gasteiger partial charge >= 0.3 is 11.9 Å². The van der Waals surface area contributed by atoms with E-state index in [9.17, 15) is 9.59 Å². The van der Waals surface area contributed by atoms with Crippen LogP contribution < -0.4 is 4.74 Å². The fourth-order valence-electron chi connectivity index (χ4n) is 4.37. The first-order valence-corrected chi connectivity index (χ1v) is 11.9. The Morgan fingerprint density at radius 2 is 1.69 bits per heavy atom.